The van der Waals surface area contributed by atoms with Crippen molar-refractivity contribution in [2.24, 2.45) is 0 Å². The lowest BCUT2D eigenvalue weighted by atomic mass is 9.79. The van der Waals surface area contributed by atoms with Crippen LogP contribution in [0.1, 0.15) is 12.8 Å². The molecule has 0 aromatic heterocycles. The Bertz CT molecular complexity index is 253. The van der Waals surface area contributed by atoms with Gasteiger partial charge in [0.1, 0.15) is 6.10 Å². The Labute approximate surface area is 101 Å². The summed E-state index contributed by atoms with van der Waals surface area (Å²) in [5, 5.41) is 10.3. The zero-order chi connectivity index (χ0) is 13.1. The van der Waals surface area contributed by atoms with E-state index in [4.69, 9.17) is 14.2 Å². The summed E-state index contributed by atoms with van der Waals surface area (Å²) in [7, 11) is 5.80. The standard InChI is InChI=1S/C11H20O6/c1-14-7-5-11(13,10(12)17-4)6-8(15-2)9(7)16-3/h7-9,13H,5-6H2,1-4H3. The zero-order valence-electron chi connectivity index (χ0n) is 10.6. The molecule has 0 bridgehead atoms. The Morgan fingerprint density at radius 1 is 1.06 bits per heavy atom. The molecule has 1 rings (SSSR count). The van der Waals surface area contributed by atoms with Crippen molar-refractivity contribution in [3.05, 3.63) is 0 Å². The molecule has 1 N–H and O–H groups in total. The lowest BCUT2D eigenvalue weighted by Gasteiger charge is -2.42. The van der Waals surface area contributed by atoms with Crippen LogP contribution in [0.15, 0.2) is 0 Å². The van der Waals surface area contributed by atoms with Crippen LogP contribution in [0.4, 0.5) is 0 Å². The number of aliphatic hydroxyl groups is 1. The first-order valence-electron chi connectivity index (χ1n) is 5.41. The normalized spacial score (nSPS) is 37.8. The quantitative estimate of drug-likeness (QED) is 0.690. The number of methoxy groups -OCH3 is 4. The molecule has 6 nitrogen and oxygen atoms in total. The number of ether oxygens (including phenoxy) is 4. The first-order chi connectivity index (χ1) is 8.02. The van der Waals surface area contributed by atoms with E-state index in [1.165, 1.54) is 21.3 Å². The van der Waals surface area contributed by atoms with Crippen molar-refractivity contribution in [2.45, 2.75) is 36.8 Å². The third-order valence-electron chi connectivity index (χ3n) is 3.25. The molecule has 2 unspecified atom stereocenters. The topological polar surface area (TPSA) is 74.2 Å². The van der Waals surface area contributed by atoms with Gasteiger partial charge in [-0.3, -0.25) is 0 Å². The largest absolute Gasteiger partial charge is 0.467 e. The molecule has 6 heteroatoms. The monoisotopic (exact) mass is 248 g/mol. The highest BCUT2D eigenvalue weighted by Gasteiger charge is 2.51. The second-order valence-electron chi connectivity index (χ2n) is 4.18. The predicted molar refractivity (Wildman–Crippen MR) is 58.6 cm³/mol. The van der Waals surface area contributed by atoms with Gasteiger partial charge in [-0.25, -0.2) is 4.79 Å². The summed E-state index contributed by atoms with van der Waals surface area (Å²) in [5.74, 6) is -0.670. The Morgan fingerprint density at radius 3 is 1.82 bits per heavy atom. The second-order valence-corrected chi connectivity index (χ2v) is 4.18. The van der Waals surface area contributed by atoms with Gasteiger partial charge in [-0.2, -0.15) is 0 Å². The van der Waals surface area contributed by atoms with Gasteiger partial charge in [0.2, 0.25) is 0 Å². The van der Waals surface area contributed by atoms with Crippen molar-refractivity contribution in [1.82, 2.24) is 0 Å². The molecule has 1 aliphatic carbocycles. The van der Waals surface area contributed by atoms with Gasteiger partial charge in [-0.05, 0) is 0 Å². The Kier molecular flexibility index (Phi) is 4.88. The zero-order valence-corrected chi connectivity index (χ0v) is 10.6. The van der Waals surface area contributed by atoms with Gasteiger partial charge < -0.3 is 24.1 Å². The third-order valence-corrected chi connectivity index (χ3v) is 3.25. The van der Waals surface area contributed by atoms with Gasteiger partial charge in [0.25, 0.3) is 0 Å². The van der Waals surface area contributed by atoms with Crippen LogP contribution in [0.25, 0.3) is 0 Å². The lowest BCUT2D eigenvalue weighted by Crippen LogP contribution is -2.57. The maximum absolute atomic E-state index is 11.6. The molecule has 0 saturated heterocycles. The van der Waals surface area contributed by atoms with Crippen LogP contribution in [-0.4, -0.2) is 63.4 Å². The number of carbonyl (C=O) groups is 1. The van der Waals surface area contributed by atoms with Gasteiger partial charge >= 0.3 is 5.97 Å². The van der Waals surface area contributed by atoms with Crippen LogP contribution in [0, 0.1) is 0 Å². The first kappa shape index (κ1) is 14.4. The van der Waals surface area contributed by atoms with Crippen LogP contribution in [-0.2, 0) is 23.7 Å². The van der Waals surface area contributed by atoms with Crippen LogP contribution in [0.3, 0.4) is 0 Å². The van der Waals surface area contributed by atoms with E-state index in [-0.39, 0.29) is 18.9 Å². The molecule has 1 aliphatic rings. The molecule has 17 heavy (non-hydrogen) atoms. The third kappa shape index (κ3) is 2.77. The molecule has 0 spiro atoms. The fourth-order valence-electron chi connectivity index (χ4n) is 2.32. The van der Waals surface area contributed by atoms with E-state index in [0.29, 0.717) is 0 Å². The van der Waals surface area contributed by atoms with E-state index in [2.05, 4.69) is 4.74 Å². The molecular formula is C11H20O6. The van der Waals surface area contributed by atoms with Crippen molar-refractivity contribution in [3.8, 4) is 0 Å². The van der Waals surface area contributed by atoms with Gasteiger partial charge in [0.15, 0.2) is 5.60 Å². The van der Waals surface area contributed by atoms with Crippen LogP contribution >= 0.6 is 0 Å². The molecule has 0 radical (unpaired) electrons. The minimum Gasteiger partial charge on any atom is -0.467 e. The van der Waals surface area contributed by atoms with Crippen molar-refractivity contribution in [2.75, 3.05) is 28.4 Å². The molecule has 0 amide bonds. The smallest absolute Gasteiger partial charge is 0.338 e. The summed E-state index contributed by atoms with van der Waals surface area (Å²) in [6, 6.07) is 0. The second kappa shape index (κ2) is 5.77. The molecular weight excluding hydrogens is 228 g/mol. The highest BCUT2D eigenvalue weighted by atomic mass is 16.6. The van der Waals surface area contributed by atoms with Crippen molar-refractivity contribution in [1.29, 1.82) is 0 Å². The van der Waals surface area contributed by atoms with E-state index >= 15 is 0 Å². The van der Waals surface area contributed by atoms with E-state index in [1.807, 2.05) is 0 Å². The lowest BCUT2D eigenvalue weighted by molar-refractivity contribution is -0.201. The summed E-state index contributed by atoms with van der Waals surface area (Å²) in [6.07, 6.45) is -0.871. The molecule has 100 valence electrons. The molecule has 0 aromatic carbocycles. The van der Waals surface area contributed by atoms with Crippen molar-refractivity contribution >= 4 is 5.97 Å². The summed E-state index contributed by atoms with van der Waals surface area (Å²) in [5.41, 5.74) is -1.58. The predicted octanol–water partition coefficient (Wildman–Crippen LogP) is -0.271. The Balaban J connectivity index is 2.91. The fraction of sp³-hybridized carbons (Fsp3) is 0.909. The minimum atomic E-state index is -1.58. The van der Waals surface area contributed by atoms with Gasteiger partial charge in [0, 0.05) is 34.2 Å². The van der Waals surface area contributed by atoms with E-state index in [0.717, 1.165) is 0 Å². The van der Waals surface area contributed by atoms with Crippen molar-refractivity contribution < 1.29 is 28.8 Å². The molecule has 2 atom stereocenters. The van der Waals surface area contributed by atoms with E-state index in [1.54, 1.807) is 7.11 Å². The fourth-order valence-corrected chi connectivity index (χ4v) is 2.32. The molecule has 0 aliphatic heterocycles. The van der Waals surface area contributed by atoms with Crippen LogP contribution in [0.5, 0.6) is 0 Å². The average Bonchev–Trinajstić information content (AvgIpc) is 2.36. The summed E-state index contributed by atoms with van der Waals surface area (Å²) < 4.78 is 20.4. The Hall–Kier alpha value is -0.690. The molecule has 0 heterocycles. The van der Waals surface area contributed by atoms with E-state index < -0.39 is 23.8 Å². The summed E-state index contributed by atoms with van der Waals surface area (Å²) >= 11 is 0. The van der Waals surface area contributed by atoms with Crippen LogP contribution < -0.4 is 0 Å². The number of rotatable bonds is 4. The van der Waals surface area contributed by atoms with E-state index in [9.17, 15) is 9.90 Å². The summed E-state index contributed by atoms with van der Waals surface area (Å²) in [6.45, 7) is 0. The molecule has 0 aromatic rings. The van der Waals surface area contributed by atoms with Gasteiger partial charge in [0.05, 0.1) is 19.3 Å². The average molecular weight is 248 g/mol. The first-order valence-corrected chi connectivity index (χ1v) is 5.41. The molecule has 1 saturated carbocycles. The summed E-state index contributed by atoms with van der Waals surface area (Å²) in [4.78, 5) is 11.6. The maximum Gasteiger partial charge on any atom is 0.338 e. The Morgan fingerprint density at radius 2 is 1.53 bits per heavy atom. The highest BCUT2D eigenvalue weighted by Crippen LogP contribution is 2.34. The van der Waals surface area contributed by atoms with Gasteiger partial charge in [-0.15, -0.1) is 0 Å². The minimum absolute atomic E-state index is 0.133. The highest BCUT2D eigenvalue weighted by molar-refractivity contribution is 5.79. The van der Waals surface area contributed by atoms with Crippen LogP contribution in [0.2, 0.25) is 0 Å². The maximum atomic E-state index is 11.6. The number of carbonyl (C=O) groups excluding carboxylic acids is 1. The number of esters is 1. The number of hydrogen-bond acceptors (Lipinski definition) is 6. The molecule has 1 fully saturated rings. The van der Waals surface area contributed by atoms with Gasteiger partial charge in [-0.1, -0.05) is 0 Å². The number of hydrogen-bond donors (Lipinski definition) is 1. The SMILES string of the molecule is COC(=O)C1(O)CC(OC)C(OC)C(OC)C1. The van der Waals surface area contributed by atoms with Crippen molar-refractivity contribution in [3.63, 3.8) is 0 Å².